The number of aliphatic imine (C=N–C) groups is 2. The van der Waals surface area contributed by atoms with E-state index < -0.39 is 0 Å². The summed E-state index contributed by atoms with van der Waals surface area (Å²) in [6.45, 7) is 2.55. The molecule has 94 valence electrons. The first-order valence-corrected chi connectivity index (χ1v) is 5.99. The third-order valence-electron chi connectivity index (χ3n) is 2.81. The molecule has 18 heavy (non-hydrogen) atoms. The summed E-state index contributed by atoms with van der Waals surface area (Å²) in [5.41, 5.74) is 2.94. The van der Waals surface area contributed by atoms with Gasteiger partial charge < -0.3 is 0 Å². The molecule has 0 aliphatic rings. The topological polar surface area (TPSA) is 58.9 Å². The lowest BCUT2D eigenvalue weighted by molar-refractivity contribution is 0.561. The minimum Gasteiger partial charge on any atom is -0.211 e. The number of hydrogen-bond acceptors (Lipinski definition) is 4. The normalized spacial score (nSPS) is 9.39. The van der Waals surface area contributed by atoms with E-state index in [9.17, 15) is 9.59 Å². The van der Waals surface area contributed by atoms with E-state index in [-0.39, 0.29) is 0 Å². The molecule has 0 amide bonds. The molecule has 4 heteroatoms. The van der Waals surface area contributed by atoms with Crippen molar-refractivity contribution in [3.05, 3.63) is 29.3 Å². The van der Waals surface area contributed by atoms with Gasteiger partial charge in [0.1, 0.15) is 0 Å². The summed E-state index contributed by atoms with van der Waals surface area (Å²) in [7, 11) is 0. The third-order valence-corrected chi connectivity index (χ3v) is 2.81. The van der Waals surface area contributed by atoms with Crippen molar-refractivity contribution in [3.8, 4) is 0 Å². The number of carbonyl (C=O) groups excluding carboxylic acids is 2. The Labute approximate surface area is 106 Å². The van der Waals surface area contributed by atoms with Gasteiger partial charge >= 0.3 is 0 Å². The van der Waals surface area contributed by atoms with Gasteiger partial charge in [-0.1, -0.05) is 18.6 Å². The average molecular weight is 244 g/mol. The molecular formula is C14H16N2O2. The fourth-order valence-electron chi connectivity index (χ4n) is 1.88. The molecule has 1 aromatic carbocycles. The summed E-state index contributed by atoms with van der Waals surface area (Å²) in [4.78, 5) is 27.5. The van der Waals surface area contributed by atoms with Gasteiger partial charge in [-0.15, -0.1) is 0 Å². The molecule has 0 radical (unpaired) electrons. The highest BCUT2D eigenvalue weighted by atomic mass is 16.1. The molecule has 1 aromatic rings. The minimum atomic E-state index is 0.538. The van der Waals surface area contributed by atoms with E-state index in [1.807, 2.05) is 25.1 Å². The van der Waals surface area contributed by atoms with Crippen molar-refractivity contribution < 1.29 is 9.59 Å². The van der Waals surface area contributed by atoms with Crippen LogP contribution in [-0.4, -0.2) is 18.7 Å². The van der Waals surface area contributed by atoms with Crippen LogP contribution >= 0.6 is 0 Å². The van der Waals surface area contributed by atoms with Gasteiger partial charge in [0.15, 0.2) is 0 Å². The molecule has 0 heterocycles. The van der Waals surface area contributed by atoms with Crippen LogP contribution in [0.25, 0.3) is 0 Å². The van der Waals surface area contributed by atoms with Crippen LogP contribution in [0.1, 0.15) is 30.4 Å². The van der Waals surface area contributed by atoms with Crippen LogP contribution in [0.15, 0.2) is 28.2 Å². The van der Waals surface area contributed by atoms with Crippen LogP contribution in [0.3, 0.4) is 0 Å². The first-order valence-electron chi connectivity index (χ1n) is 5.99. The predicted molar refractivity (Wildman–Crippen MR) is 69.5 cm³/mol. The zero-order valence-electron chi connectivity index (χ0n) is 10.5. The van der Waals surface area contributed by atoms with Gasteiger partial charge in [0.05, 0.1) is 12.2 Å². The van der Waals surface area contributed by atoms with E-state index >= 15 is 0 Å². The molecule has 0 aromatic heterocycles. The molecule has 1 rings (SSSR count). The van der Waals surface area contributed by atoms with Crippen LogP contribution in [0.5, 0.6) is 0 Å². The smallest absolute Gasteiger partial charge is 0.211 e. The lowest BCUT2D eigenvalue weighted by atomic mass is 10.0. The SMILES string of the molecule is Cc1cccc(N=C=O)c1CCCCCN=C=O. The summed E-state index contributed by atoms with van der Waals surface area (Å²) in [6.07, 6.45) is 6.85. The maximum absolute atomic E-state index is 10.3. The van der Waals surface area contributed by atoms with Crippen molar-refractivity contribution in [1.29, 1.82) is 0 Å². The summed E-state index contributed by atoms with van der Waals surface area (Å²) in [5, 5.41) is 0. The first-order chi connectivity index (χ1) is 8.79. The number of benzene rings is 1. The van der Waals surface area contributed by atoms with Gasteiger partial charge in [0.25, 0.3) is 0 Å². The number of hydrogen-bond donors (Lipinski definition) is 0. The number of aryl methyl sites for hydroxylation is 1. The summed E-state index contributed by atoms with van der Waals surface area (Å²) in [6, 6.07) is 5.72. The van der Waals surface area contributed by atoms with Crippen molar-refractivity contribution in [2.45, 2.75) is 32.6 Å². The molecule has 0 N–H and O–H groups in total. The maximum atomic E-state index is 10.3. The number of rotatable bonds is 7. The van der Waals surface area contributed by atoms with Crippen LogP contribution in [-0.2, 0) is 16.0 Å². The molecule has 4 nitrogen and oxygen atoms in total. The van der Waals surface area contributed by atoms with E-state index in [0.717, 1.165) is 36.8 Å². The molecule has 0 aliphatic heterocycles. The Kier molecular flexibility index (Phi) is 6.34. The standard InChI is InChI=1S/C14H16N2O2/c1-12-6-5-8-14(16-11-18)13(12)7-3-2-4-9-15-10-17/h5-6,8H,2-4,7,9H2,1H3. The Hall–Kier alpha value is -2.02. The van der Waals surface area contributed by atoms with E-state index in [2.05, 4.69) is 9.98 Å². The van der Waals surface area contributed by atoms with Crippen molar-refractivity contribution in [1.82, 2.24) is 0 Å². The molecule has 0 atom stereocenters. The second-order valence-electron chi connectivity index (χ2n) is 4.06. The largest absolute Gasteiger partial charge is 0.240 e. The van der Waals surface area contributed by atoms with Gasteiger partial charge in [-0.2, -0.15) is 4.99 Å². The number of isocyanates is 2. The molecule has 0 fully saturated rings. The van der Waals surface area contributed by atoms with E-state index in [1.165, 1.54) is 6.08 Å². The maximum Gasteiger partial charge on any atom is 0.240 e. The Balaban J connectivity index is 2.55. The van der Waals surface area contributed by atoms with E-state index in [4.69, 9.17) is 0 Å². The fourth-order valence-corrected chi connectivity index (χ4v) is 1.88. The average Bonchev–Trinajstić information content (AvgIpc) is 2.36. The van der Waals surface area contributed by atoms with Gasteiger partial charge in [-0.3, -0.25) is 0 Å². The van der Waals surface area contributed by atoms with Gasteiger partial charge in [0, 0.05) is 0 Å². The Morgan fingerprint density at radius 2 is 1.94 bits per heavy atom. The van der Waals surface area contributed by atoms with Crippen LogP contribution < -0.4 is 0 Å². The van der Waals surface area contributed by atoms with Gasteiger partial charge in [-0.05, 0) is 43.4 Å². The van der Waals surface area contributed by atoms with Gasteiger partial charge in [-0.25, -0.2) is 14.6 Å². The Morgan fingerprint density at radius 3 is 2.67 bits per heavy atom. The summed E-state index contributed by atoms with van der Waals surface area (Å²) in [5.74, 6) is 0. The lowest BCUT2D eigenvalue weighted by Crippen LogP contribution is -1.92. The summed E-state index contributed by atoms with van der Waals surface area (Å²) < 4.78 is 0. The van der Waals surface area contributed by atoms with Crippen LogP contribution in [0, 0.1) is 6.92 Å². The summed E-state index contributed by atoms with van der Waals surface area (Å²) >= 11 is 0. The second-order valence-corrected chi connectivity index (χ2v) is 4.06. The van der Waals surface area contributed by atoms with E-state index in [0.29, 0.717) is 12.2 Å². The Bertz CT molecular complexity index is 485. The Morgan fingerprint density at radius 1 is 1.11 bits per heavy atom. The number of nitrogens with zero attached hydrogens (tertiary/aromatic N) is 2. The molecule has 0 saturated carbocycles. The molecular weight excluding hydrogens is 228 g/mol. The molecule has 0 aliphatic carbocycles. The van der Waals surface area contributed by atoms with Gasteiger partial charge in [0.2, 0.25) is 12.2 Å². The number of unbranched alkanes of at least 4 members (excludes halogenated alkanes) is 2. The molecule has 0 saturated heterocycles. The zero-order chi connectivity index (χ0) is 13.2. The van der Waals surface area contributed by atoms with Crippen LogP contribution in [0.2, 0.25) is 0 Å². The quantitative estimate of drug-likeness (QED) is 0.420. The minimum absolute atomic E-state index is 0.538. The highest BCUT2D eigenvalue weighted by molar-refractivity contribution is 5.56. The van der Waals surface area contributed by atoms with E-state index in [1.54, 1.807) is 6.08 Å². The molecule has 0 spiro atoms. The zero-order valence-corrected chi connectivity index (χ0v) is 10.5. The monoisotopic (exact) mass is 244 g/mol. The predicted octanol–water partition coefficient (Wildman–Crippen LogP) is 3.01. The van der Waals surface area contributed by atoms with Crippen molar-refractivity contribution >= 4 is 17.8 Å². The lowest BCUT2D eigenvalue weighted by Gasteiger charge is -2.07. The first kappa shape index (κ1) is 14.0. The third kappa shape index (κ3) is 4.46. The molecule has 0 bridgehead atoms. The molecule has 0 unspecified atom stereocenters. The van der Waals surface area contributed by atoms with Crippen molar-refractivity contribution in [3.63, 3.8) is 0 Å². The fraction of sp³-hybridized carbons (Fsp3) is 0.429. The highest BCUT2D eigenvalue weighted by Crippen LogP contribution is 2.24. The van der Waals surface area contributed by atoms with Crippen molar-refractivity contribution in [2.24, 2.45) is 9.98 Å². The highest BCUT2D eigenvalue weighted by Gasteiger charge is 2.04. The van der Waals surface area contributed by atoms with Crippen molar-refractivity contribution in [2.75, 3.05) is 6.54 Å². The van der Waals surface area contributed by atoms with Crippen LogP contribution in [0.4, 0.5) is 5.69 Å². The second kappa shape index (κ2) is 8.13.